The Morgan fingerprint density at radius 2 is 1.12 bits per heavy atom. The molecule has 0 spiro atoms. The van der Waals surface area contributed by atoms with Gasteiger partial charge in [-0.3, -0.25) is 0 Å². The molecule has 0 aromatic carbocycles. The van der Waals surface area contributed by atoms with E-state index in [-0.39, 0.29) is 0 Å². The number of rotatable bonds is 0. The first-order valence-corrected chi connectivity index (χ1v) is 2.55. The third-order valence-electron chi connectivity index (χ3n) is 0. The van der Waals surface area contributed by atoms with E-state index in [2.05, 4.69) is 6.72 Å². The fraction of sp³-hybridized carbons (Fsp3) is 0.833. The molecule has 0 aliphatic rings. The number of hydrogen-bond acceptors (Lipinski definition) is 1. The van der Waals surface area contributed by atoms with Crippen molar-refractivity contribution in [3.8, 4) is 0 Å². The maximum atomic E-state index is 3.47. The van der Waals surface area contributed by atoms with Crippen molar-refractivity contribution < 1.29 is 4.58 Å². The second-order valence-electron chi connectivity index (χ2n) is 2.42. The van der Waals surface area contributed by atoms with Crippen LogP contribution in [0.2, 0.25) is 0 Å². The first-order chi connectivity index (χ1) is 3.46. The lowest BCUT2D eigenvalue weighted by atomic mass is 11.0. The molecule has 0 aliphatic carbocycles. The minimum atomic E-state index is 1.75. The highest BCUT2D eigenvalue weighted by atomic mass is 15.0. The summed E-state index contributed by atoms with van der Waals surface area (Å²) in [6.45, 7) is 3.47. The van der Waals surface area contributed by atoms with E-state index in [1.165, 1.54) is 0 Å². The zero-order valence-electron chi connectivity index (χ0n) is 6.60. The maximum Gasteiger partial charge on any atom is 0.131 e. The minimum Gasteiger partial charge on any atom is -0.312 e. The normalized spacial score (nSPS) is 7.75. The molecule has 0 bridgehead atoms. The maximum absolute atomic E-state index is 3.47. The van der Waals surface area contributed by atoms with Crippen molar-refractivity contribution in [3.05, 3.63) is 0 Å². The highest BCUT2D eigenvalue weighted by molar-refractivity contribution is 5.13. The summed E-state index contributed by atoms with van der Waals surface area (Å²) in [6.07, 6.45) is 0. The monoisotopic (exact) mass is 117 g/mol. The Balaban J connectivity index is 0. The molecule has 0 aromatic rings. The molecule has 0 heterocycles. The van der Waals surface area contributed by atoms with E-state index in [0.29, 0.717) is 0 Å². The summed E-state index contributed by atoms with van der Waals surface area (Å²) in [6, 6.07) is 0. The molecular weight excluding hydrogens is 100 g/mol. The van der Waals surface area contributed by atoms with Crippen molar-refractivity contribution in [2.24, 2.45) is 0 Å². The van der Waals surface area contributed by atoms with Gasteiger partial charge in [0.1, 0.15) is 20.8 Å². The lowest BCUT2D eigenvalue weighted by Crippen LogP contribution is -1.99. The van der Waals surface area contributed by atoms with Gasteiger partial charge in [0.15, 0.2) is 0 Å². The second kappa shape index (κ2) is 6.63. The lowest BCUT2D eigenvalue weighted by molar-refractivity contribution is -0.454. The van der Waals surface area contributed by atoms with Crippen LogP contribution in [0.5, 0.6) is 0 Å². The van der Waals surface area contributed by atoms with Crippen LogP contribution in [0.4, 0.5) is 0 Å². The highest BCUT2D eigenvalue weighted by Gasteiger charge is 1.58. The van der Waals surface area contributed by atoms with Gasteiger partial charge >= 0.3 is 0 Å². The van der Waals surface area contributed by atoms with E-state index in [0.717, 1.165) is 0 Å². The Bertz CT molecular complexity index is 50.8. The zero-order chi connectivity index (χ0) is 7.15. The van der Waals surface area contributed by atoms with Crippen LogP contribution < -0.4 is 0 Å². The third-order valence-corrected chi connectivity index (χ3v) is 0. The van der Waals surface area contributed by atoms with E-state index in [4.69, 9.17) is 0 Å². The summed E-state index contributed by atoms with van der Waals surface area (Å²) in [5.74, 6) is 0. The van der Waals surface area contributed by atoms with Crippen LogP contribution in [-0.2, 0) is 0 Å². The predicted molar refractivity (Wildman–Crippen MR) is 38.8 cm³/mol. The van der Waals surface area contributed by atoms with Crippen LogP contribution in [0.15, 0.2) is 0 Å². The van der Waals surface area contributed by atoms with Crippen molar-refractivity contribution >= 4 is 6.72 Å². The van der Waals surface area contributed by atoms with Gasteiger partial charge in [0.05, 0.1) is 0 Å². The van der Waals surface area contributed by atoms with Gasteiger partial charge in [-0.05, 0) is 21.1 Å². The van der Waals surface area contributed by atoms with Gasteiger partial charge in [-0.25, -0.2) is 4.58 Å². The largest absolute Gasteiger partial charge is 0.312 e. The van der Waals surface area contributed by atoms with Crippen molar-refractivity contribution in [1.82, 2.24) is 4.90 Å². The smallest absolute Gasteiger partial charge is 0.131 e. The molecule has 50 valence electrons. The molecule has 0 aliphatic heterocycles. The van der Waals surface area contributed by atoms with E-state index in [1.54, 1.807) is 4.58 Å². The fourth-order valence-corrected chi connectivity index (χ4v) is 0. The highest BCUT2D eigenvalue weighted by Crippen LogP contribution is 1.47. The van der Waals surface area contributed by atoms with E-state index < -0.39 is 0 Å². The standard InChI is InChI=1S/C3H9N.C3H8N/c2*1-4(2)3/h1-3H3;1H2,2-3H3/q;+1. The van der Waals surface area contributed by atoms with E-state index >= 15 is 0 Å². The minimum absolute atomic E-state index is 1.75. The molecule has 0 radical (unpaired) electrons. The molecule has 2 heteroatoms. The Kier molecular flexibility index (Phi) is 8.77. The summed E-state index contributed by atoms with van der Waals surface area (Å²) in [5.41, 5.74) is 0. The summed E-state index contributed by atoms with van der Waals surface area (Å²) < 4.78 is 1.75. The molecule has 0 aromatic heterocycles. The van der Waals surface area contributed by atoms with Crippen LogP contribution in [0, 0.1) is 0 Å². The van der Waals surface area contributed by atoms with Gasteiger partial charge in [0.25, 0.3) is 0 Å². The van der Waals surface area contributed by atoms with Crippen molar-refractivity contribution in [2.75, 3.05) is 35.2 Å². The number of nitrogens with zero attached hydrogens (tertiary/aromatic N) is 2. The Morgan fingerprint density at radius 1 is 1.12 bits per heavy atom. The average molecular weight is 117 g/mol. The summed E-state index contributed by atoms with van der Waals surface area (Å²) in [5, 5.41) is 0. The molecule has 0 rings (SSSR count). The van der Waals surface area contributed by atoms with Crippen molar-refractivity contribution in [1.29, 1.82) is 0 Å². The van der Waals surface area contributed by atoms with Crippen molar-refractivity contribution in [3.63, 3.8) is 0 Å². The SMILES string of the molecule is C=[N+](C)C.CN(C)C. The Morgan fingerprint density at radius 3 is 1.12 bits per heavy atom. The van der Waals surface area contributed by atoms with Crippen LogP contribution in [-0.4, -0.2) is 51.4 Å². The molecule has 0 amide bonds. The molecule has 0 N–H and O–H groups in total. The topological polar surface area (TPSA) is 6.25 Å². The molecule has 0 saturated heterocycles. The lowest BCUT2D eigenvalue weighted by Gasteiger charge is -1.90. The number of hydrogen-bond donors (Lipinski definition) is 0. The fourth-order valence-electron chi connectivity index (χ4n) is 0. The zero-order valence-corrected chi connectivity index (χ0v) is 6.60. The molecule has 8 heavy (non-hydrogen) atoms. The van der Waals surface area contributed by atoms with Crippen LogP contribution in [0.3, 0.4) is 0 Å². The quantitative estimate of drug-likeness (QED) is 0.323. The van der Waals surface area contributed by atoms with Crippen LogP contribution >= 0.6 is 0 Å². The second-order valence-corrected chi connectivity index (χ2v) is 2.42. The summed E-state index contributed by atoms with van der Waals surface area (Å²) in [4.78, 5) is 2.00. The Labute approximate surface area is 52.4 Å². The predicted octanol–water partition coefficient (Wildman–Crippen LogP) is 0.137. The molecule has 0 unspecified atom stereocenters. The molecule has 2 nitrogen and oxygen atoms in total. The molecule has 0 fully saturated rings. The summed E-state index contributed by atoms with van der Waals surface area (Å²) >= 11 is 0. The average Bonchev–Trinajstić information content (AvgIpc) is 1.25. The van der Waals surface area contributed by atoms with Gasteiger partial charge in [-0.2, -0.15) is 0 Å². The Hall–Kier alpha value is -0.370. The third kappa shape index (κ3) is 882. The van der Waals surface area contributed by atoms with E-state index in [1.807, 2.05) is 40.1 Å². The van der Waals surface area contributed by atoms with Gasteiger partial charge in [0.2, 0.25) is 0 Å². The first-order valence-electron chi connectivity index (χ1n) is 2.55. The molecule has 0 saturated carbocycles. The van der Waals surface area contributed by atoms with Crippen LogP contribution in [0.25, 0.3) is 0 Å². The van der Waals surface area contributed by atoms with Gasteiger partial charge in [-0.15, -0.1) is 0 Å². The van der Waals surface area contributed by atoms with E-state index in [9.17, 15) is 0 Å². The summed E-state index contributed by atoms with van der Waals surface area (Å²) in [7, 11) is 9.78. The van der Waals surface area contributed by atoms with Crippen molar-refractivity contribution in [2.45, 2.75) is 0 Å². The molecule has 0 atom stereocenters. The first kappa shape index (κ1) is 10.6. The van der Waals surface area contributed by atoms with Crippen LogP contribution in [0.1, 0.15) is 0 Å². The molecular formula is C6H17N2+. The van der Waals surface area contributed by atoms with Gasteiger partial charge in [-0.1, -0.05) is 0 Å². The van der Waals surface area contributed by atoms with Gasteiger partial charge < -0.3 is 4.90 Å². The van der Waals surface area contributed by atoms with Gasteiger partial charge in [0, 0.05) is 0 Å².